The molecule has 1 N–H and O–H groups in total. The lowest BCUT2D eigenvalue weighted by molar-refractivity contribution is 0.104. The molecular weight excluding hydrogens is 284 g/mol. The molecule has 1 saturated carbocycles. The van der Waals surface area contributed by atoms with Crippen LogP contribution in [0.2, 0.25) is 0 Å². The van der Waals surface area contributed by atoms with E-state index < -0.39 is 0 Å². The molecule has 1 fully saturated rings. The second kappa shape index (κ2) is 4.79. The predicted molar refractivity (Wildman–Crippen MR) is 91.0 cm³/mol. The van der Waals surface area contributed by atoms with Crippen LogP contribution in [0.4, 0.5) is 0 Å². The van der Waals surface area contributed by atoms with Crippen LogP contribution in [0, 0.1) is 0 Å². The van der Waals surface area contributed by atoms with Gasteiger partial charge in [0, 0.05) is 22.7 Å². The van der Waals surface area contributed by atoms with E-state index in [2.05, 4.69) is 5.32 Å². The third kappa shape index (κ3) is 1.83. The Hall–Kier alpha value is -2.42. The van der Waals surface area contributed by atoms with Crippen molar-refractivity contribution in [2.75, 3.05) is 0 Å². The van der Waals surface area contributed by atoms with Crippen molar-refractivity contribution in [2.24, 2.45) is 4.99 Å². The lowest BCUT2D eigenvalue weighted by Gasteiger charge is -2.23. The second-order valence-corrected chi connectivity index (χ2v) is 6.68. The molecule has 0 spiro atoms. The largest absolute Gasteiger partial charge is 0.365 e. The molecule has 2 aromatic rings. The number of aliphatic imine (C=N–C) groups is 1. The second-order valence-electron chi connectivity index (χ2n) is 6.68. The highest BCUT2D eigenvalue weighted by molar-refractivity contribution is 6.26. The van der Waals surface area contributed by atoms with Crippen molar-refractivity contribution >= 4 is 11.6 Å². The molecule has 3 nitrogen and oxygen atoms in total. The molecule has 3 heteroatoms. The van der Waals surface area contributed by atoms with Crippen molar-refractivity contribution in [2.45, 2.75) is 37.8 Å². The number of amidine groups is 1. The van der Waals surface area contributed by atoms with E-state index in [0.29, 0.717) is 12.1 Å². The Morgan fingerprint density at radius 3 is 2.48 bits per heavy atom. The molecule has 23 heavy (non-hydrogen) atoms. The smallest absolute Gasteiger partial charge is 0.195 e. The number of hydrogen-bond donors (Lipinski definition) is 1. The minimum absolute atomic E-state index is 0.130. The van der Waals surface area contributed by atoms with Gasteiger partial charge >= 0.3 is 0 Å². The lowest BCUT2D eigenvalue weighted by Crippen LogP contribution is -2.37. The molecule has 0 amide bonds. The van der Waals surface area contributed by atoms with E-state index in [9.17, 15) is 4.79 Å². The fourth-order valence-corrected chi connectivity index (χ4v) is 4.23. The van der Waals surface area contributed by atoms with E-state index in [1.807, 2.05) is 42.5 Å². The standard InChI is InChI=1S/C20H18N2O/c23-19-14-7-2-1-6-12(14)13-8-5-9-15(18(13)19)20-21-16-10-3-4-11-17(16)22-20/h1-2,5-9,16-17H,3-4,10-11H2,(H,21,22). The number of hydrogen-bond acceptors (Lipinski definition) is 3. The summed E-state index contributed by atoms with van der Waals surface area (Å²) in [6.45, 7) is 0. The molecule has 0 saturated heterocycles. The van der Waals surface area contributed by atoms with E-state index >= 15 is 0 Å². The molecule has 0 bridgehead atoms. The van der Waals surface area contributed by atoms with Gasteiger partial charge in [0.05, 0.1) is 6.04 Å². The summed E-state index contributed by atoms with van der Waals surface area (Å²) in [5, 5.41) is 3.58. The average Bonchev–Trinajstić information content (AvgIpc) is 3.15. The first-order valence-corrected chi connectivity index (χ1v) is 8.45. The number of rotatable bonds is 1. The van der Waals surface area contributed by atoms with Crippen LogP contribution >= 0.6 is 0 Å². The molecule has 1 heterocycles. The molecule has 0 aromatic heterocycles. The van der Waals surface area contributed by atoms with Gasteiger partial charge in [0.25, 0.3) is 0 Å². The third-order valence-corrected chi connectivity index (χ3v) is 5.36. The third-order valence-electron chi connectivity index (χ3n) is 5.36. The first-order chi connectivity index (χ1) is 11.3. The summed E-state index contributed by atoms with van der Waals surface area (Å²) >= 11 is 0. The van der Waals surface area contributed by atoms with Gasteiger partial charge in [0.15, 0.2) is 5.78 Å². The number of fused-ring (bicyclic) bond motifs is 4. The quantitative estimate of drug-likeness (QED) is 0.747. The maximum atomic E-state index is 12.9. The van der Waals surface area contributed by atoms with Crippen LogP contribution in [0.3, 0.4) is 0 Å². The Labute approximate surface area is 135 Å². The minimum atomic E-state index is 0.130. The lowest BCUT2D eigenvalue weighted by atomic mass is 9.92. The van der Waals surface area contributed by atoms with E-state index in [1.54, 1.807) is 0 Å². The van der Waals surface area contributed by atoms with Gasteiger partial charge in [0.2, 0.25) is 0 Å². The van der Waals surface area contributed by atoms with Crippen molar-refractivity contribution < 1.29 is 4.79 Å². The Kier molecular flexibility index (Phi) is 2.72. The average molecular weight is 302 g/mol. The highest BCUT2D eigenvalue weighted by Gasteiger charge is 2.35. The monoisotopic (exact) mass is 302 g/mol. The fraction of sp³-hybridized carbons (Fsp3) is 0.300. The summed E-state index contributed by atoms with van der Waals surface area (Å²) in [5.74, 6) is 1.05. The zero-order valence-electron chi connectivity index (χ0n) is 12.9. The molecule has 3 aliphatic rings. The van der Waals surface area contributed by atoms with E-state index in [1.165, 1.54) is 19.3 Å². The van der Waals surface area contributed by atoms with Gasteiger partial charge in [-0.05, 0) is 24.0 Å². The molecule has 5 rings (SSSR count). The Morgan fingerprint density at radius 2 is 1.61 bits per heavy atom. The van der Waals surface area contributed by atoms with Crippen molar-refractivity contribution in [3.63, 3.8) is 0 Å². The van der Waals surface area contributed by atoms with E-state index in [4.69, 9.17) is 4.99 Å². The van der Waals surface area contributed by atoms with Gasteiger partial charge in [-0.3, -0.25) is 9.79 Å². The van der Waals surface area contributed by atoms with Crippen LogP contribution in [-0.4, -0.2) is 23.7 Å². The summed E-state index contributed by atoms with van der Waals surface area (Å²) in [6, 6.07) is 14.8. The van der Waals surface area contributed by atoms with Crippen LogP contribution in [-0.2, 0) is 0 Å². The van der Waals surface area contributed by atoms with Gasteiger partial charge in [-0.1, -0.05) is 55.3 Å². The molecular formula is C20H18N2O. The zero-order chi connectivity index (χ0) is 15.4. The molecule has 2 atom stereocenters. The number of benzene rings is 2. The van der Waals surface area contributed by atoms with Gasteiger partial charge in [-0.2, -0.15) is 0 Å². The Bertz CT molecular complexity index is 852. The van der Waals surface area contributed by atoms with Crippen LogP contribution in [0.25, 0.3) is 11.1 Å². The molecule has 2 unspecified atom stereocenters. The Balaban J connectivity index is 1.64. The highest BCUT2D eigenvalue weighted by atomic mass is 16.1. The molecule has 1 aliphatic heterocycles. The molecule has 2 aromatic carbocycles. The van der Waals surface area contributed by atoms with Gasteiger partial charge in [-0.25, -0.2) is 0 Å². The minimum Gasteiger partial charge on any atom is -0.365 e. The van der Waals surface area contributed by atoms with Gasteiger partial charge < -0.3 is 5.32 Å². The van der Waals surface area contributed by atoms with E-state index in [0.717, 1.165) is 40.1 Å². The molecule has 2 aliphatic carbocycles. The first kappa shape index (κ1) is 13.1. The summed E-state index contributed by atoms with van der Waals surface area (Å²) in [7, 11) is 0. The molecule has 114 valence electrons. The first-order valence-electron chi connectivity index (χ1n) is 8.45. The molecule has 0 radical (unpaired) electrons. The summed E-state index contributed by atoms with van der Waals surface area (Å²) in [5.41, 5.74) is 4.69. The highest BCUT2D eigenvalue weighted by Crippen LogP contribution is 2.39. The van der Waals surface area contributed by atoms with Crippen molar-refractivity contribution in [3.8, 4) is 11.1 Å². The zero-order valence-corrected chi connectivity index (χ0v) is 12.9. The number of ketones is 1. The summed E-state index contributed by atoms with van der Waals surface area (Å²) in [4.78, 5) is 17.8. The predicted octanol–water partition coefficient (Wildman–Crippen LogP) is 3.56. The van der Waals surface area contributed by atoms with Gasteiger partial charge in [-0.15, -0.1) is 0 Å². The summed E-state index contributed by atoms with van der Waals surface area (Å²) in [6.07, 6.45) is 4.87. The normalized spacial score (nSPS) is 24.5. The van der Waals surface area contributed by atoms with Crippen LogP contribution < -0.4 is 5.32 Å². The van der Waals surface area contributed by atoms with Crippen molar-refractivity contribution in [3.05, 3.63) is 59.2 Å². The van der Waals surface area contributed by atoms with Crippen LogP contribution in [0.15, 0.2) is 47.5 Å². The number of carbonyl (C=O) groups excluding carboxylic acids is 1. The number of nitrogens with zero attached hydrogens (tertiary/aromatic N) is 1. The number of nitrogens with one attached hydrogen (secondary N) is 1. The van der Waals surface area contributed by atoms with Crippen LogP contribution in [0.5, 0.6) is 0 Å². The number of carbonyl (C=O) groups is 1. The Morgan fingerprint density at radius 1 is 0.870 bits per heavy atom. The van der Waals surface area contributed by atoms with Crippen molar-refractivity contribution in [1.29, 1.82) is 0 Å². The topological polar surface area (TPSA) is 41.5 Å². The van der Waals surface area contributed by atoms with Crippen molar-refractivity contribution in [1.82, 2.24) is 5.32 Å². The fourth-order valence-electron chi connectivity index (χ4n) is 4.23. The van der Waals surface area contributed by atoms with E-state index in [-0.39, 0.29) is 5.78 Å². The maximum absolute atomic E-state index is 12.9. The van der Waals surface area contributed by atoms with Crippen LogP contribution in [0.1, 0.15) is 47.2 Å². The maximum Gasteiger partial charge on any atom is 0.195 e. The summed E-state index contributed by atoms with van der Waals surface area (Å²) < 4.78 is 0. The SMILES string of the molecule is O=C1c2ccccc2-c2cccc(C3=NC4CCCCC4N3)c21. The van der Waals surface area contributed by atoms with Gasteiger partial charge in [0.1, 0.15) is 5.84 Å².